The lowest BCUT2D eigenvalue weighted by Crippen LogP contribution is -2.07. The molecule has 0 radical (unpaired) electrons. The first-order valence-corrected chi connectivity index (χ1v) is 7.74. The molecule has 0 amide bonds. The van der Waals surface area contributed by atoms with Crippen LogP contribution in [0.4, 0.5) is 0 Å². The summed E-state index contributed by atoms with van der Waals surface area (Å²) in [6, 6.07) is 8.16. The van der Waals surface area contributed by atoms with Gasteiger partial charge in [0.15, 0.2) is 0 Å². The summed E-state index contributed by atoms with van der Waals surface area (Å²) in [7, 11) is 1.65. The first-order chi connectivity index (χ1) is 9.85. The van der Waals surface area contributed by atoms with Crippen molar-refractivity contribution < 1.29 is 9.84 Å². The van der Waals surface area contributed by atoms with Gasteiger partial charge in [-0.1, -0.05) is 45.3 Å². The van der Waals surface area contributed by atoms with Crippen LogP contribution in [0.25, 0.3) is 0 Å². The minimum atomic E-state index is -0.699. The van der Waals surface area contributed by atoms with Crippen molar-refractivity contribution >= 4 is 15.9 Å². The number of halogens is 1. The van der Waals surface area contributed by atoms with Gasteiger partial charge in [0.1, 0.15) is 11.9 Å². The van der Waals surface area contributed by atoms with E-state index < -0.39 is 6.10 Å². The van der Waals surface area contributed by atoms with Gasteiger partial charge in [-0.15, -0.1) is 0 Å². The Morgan fingerprint density at radius 2 is 1.57 bits per heavy atom. The molecule has 0 heterocycles. The molecule has 1 atom stereocenters. The summed E-state index contributed by atoms with van der Waals surface area (Å²) in [6.45, 7) is 8.06. The van der Waals surface area contributed by atoms with E-state index in [0.29, 0.717) is 0 Å². The average molecular weight is 349 g/mol. The molecule has 2 nitrogen and oxygen atoms in total. The third kappa shape index (κ3) is 3.14. The molecule has 2 rings (SSSR count). The number of methoxy groups -OCH3 is 1. The first kappa shape index (κ1) is 16.1. The van der Waals surface area contributed by atoms with Crippen LogP contribution in [0.2, 0.25) is 0 Å². The molecule has 1 unspecified atom stereocenters. The molecule has 3 heteroatoms. The van der Waals surface area contributed by atoms with Gasteiger partial charge in [0.05, 0.1) is 7.11 Å². The van der Waals surface area contributed by atoms with Crippen LogP contribution in [0.1, 0.15) is 39.5 Å². The molecule has 0 saturated heterocycles. The van der Waals surface area contributed by atoms with Crippen molar-refractivity contribution in [2.24, 2.45) is 0 Å². The highest BCUT2D eigenvalue weighted by Gasteiger charge is 2.21. The summed E-state index contributed by atoms with van der Waals surface area (Å²) in [6.07, 6.45) is -0.699. The van der Waals surface area contributed by atoms with Crippen molar-refractivity contribution in [1.29, 1.82) is 0 Å². The van der Waals surface area contributed by atoms with Gasteiger partial charge in [-0.05, 0) is 50.5 Å². The normalized spacial score (nSPS) is 12.3. The number of hydrogen-bond acceptors (Lipinski definition) is 2. The Labute approximate surface area is 134 Å². The molecule has 0 aliphatic rings. The quantitative estimate of drug-likeness (QED) is 0.865. The average Bonchev–Trinajstić information content (AvgIpc) is 2.40. The van der Waals surface area contributed by atoms with Crippen LogP contribution < -0.4 is 4.74 Å². The molecule has 0 saturated carbocycles. The second-order valence-corrected chi connectivity index (χ2v) is 6.43. The fourth-order valence-corrected chi connectivity index (χ4v) is 3.37. The number of aliphatic hydroxyl groups excluding tert-OH is 1. The van der Waals surface area contributed by atoms with Crippen LogP contribution in [0.5, 0.6) is 5.75 Å². The lowest BCUT2D eigenvalue weighted by molar-refractivity contribution is 0.213. The van der Waals surface area contributed by atoms with Gasteiger partial charge in [-0.2, -0.15) is 0 Å². The highest BCUT2D eigenvalue weighted by molar-refractivity contribution is 9.10. The molecule has 0 bridgehead atoms. The predicted octanol–water partition coefficient (Wildman–Crippen LogP) is 4.77. The molecule has 21 heavy (non-hydrogen) atoms. The smallest absolute Gasteiger partial charge is 0.128 e. The monoisotopic (exact) mass is 348 g/mol. The van der Waals surface area contributed by atoms with Crippen molar-refractivity contribution in [1.82, 2.24) is 0 Å². The molecule has 112 valence electrons. The predicted molar refractivity (Wildman–Crippen MR) is 90.1 cm³/mol. The number of benzene rings is 2. The SMILES string of the molecule is COc1c(C)cc(Br)c(C)c1C(O)c1cc(C)cc(C)c1. The molecule has 2 aromatic rings. The Balaban J connectivity index is 2.64. The van der Waals surface area contributed by atoms with Crippen molar-refractivity contribution in [3.8, 4) is 5.75 Å². The van der Waals surface area contributed by atoms with Gasteiger partial charge in [0.2, 0.25) is 0 Å². The van der Waals surface area contributed by atoms with E-state index in [-0.39, 0.29) is 0 Å². The third-order valence-corrected chi connectivity index (χ3v) is 4.57. The summed E-state index contributed by atoms with van der Waals surface area (Å²) in [4.78, 5) is 0. The highest BCUT2D eigenvalue weighted by Crippen LogP contribution is 2.39. The number of aliphatic hydroxyl groups is 1. The molecule has 2 aromatic carbocycles. The van der Waals surface area contributed by atoms with Gasteiger partial charge >= 0.3 is 0 Å². The number of hydrogen-bond donors (Lipinski definition) is 1. The molecule has 0 spiro atoms. The molecular formula is C18H21BrO2. The van der Waals surface area contributed by atoms with E-state index in [1.807, 2.05) is 45.9 Å². The van der Waals surface area contributed by atoms with Crippen LogP contribution in [-0.2, 0) is 0 Å². The Kier molecular flexibility index (Phi) is 4.74. The van der Waals surface area contributed by atoms with Gasteiger partial charge in [0, 0.05) is 10.0 Å². The Hall–Kier alpha value is -1.32. The molecular weight excluding hydrogens is 328 g/mol. The largest absolute Gasteiger partial charge is 0.496 e. The summed E-state index contributed by atoms with van der Waals surface area (Å²) in [5.41, 5.74) is 6.03. The molecule has 0 aliphatic heterocycles. The van der Waals surface area contributed by atoms with Crippen molar-refractivity contribution in [3.05, 3.63) is 62.1 Å². The van der Waals surface area contributed by atoms with E-state index in [9.17, 15) is 5.11 Å². The lowest BCUT2D eigenvalue weighted by Gasteiger charge is -2.21. The van der Waals surface area contributed by atoms with Crippen LogP contribution in [0, 0.1) is 27.7 Å². The highest BCUT2D eigenvalue weighted by atomic mass is 79.9. The van der Waals surface area contributed by atoms with E-state index in [1.165, 1.54) is 0 Å². The maximum absolute atomic E-state index is 10.9. The van der Waals surface area contributed by atoms with Crippen LogP contribution in [0.3, 0.4) is 0 Å². The van der Waals surface area contributed by atoms with Gasteiger partial charge in [0.25, 0.3) is 0 Å². The summed E-state index contributed by atoms with van der Waals surface area (Å²) >= 11 is 3.56. The molecule has 1 N–H and O–H groups in total. The Morgan fingerprint density at radius 1 is 1.00 bits per heavy atom. The van der Waals surface area contributed by atoms with E-state index in [4.69, 9.17) is 4.74 Å². The number of aryl methyl sites for hydroxylation is 3. The van der Waals surface area contributed by atoms with Gasteiger partial charge in [-0.25, -0.2) is 0 Å². The minimum absolute atomic E-state index is 0.699. The first-order valence-electron chi connectivity index (χ1n) is 6.95. The zero-order valence-electron chi connectivity index (χ0n) is 13.1. The van der Waals surface area contributed by atoms with Crippen molar-refractivity contribution in [2.75, 3.05) is 7.11 Å². The fourth-order valence-electron chi connectivity index (χ4n) is 2.81. The third-order valence-electron chi connectivity index (χ3n) is 3.75. The van der Waals surface area contributed by atoms with Crippen LogP contribution in [-0.4, -0.2) is 12.2 Å². The van der Waals surface area contributed by atoms with Crippen LogP contribution in [0.15, 0.2) is 28.7 Å². The topological polar surface area (TPSA) is 29.5 Å². The van der Waals surface area contributed by atoms with E-state index in [2.05, 4.69) is 22.0 Å². The fraction of sp³-hybridized carbons (Fsp3) is 0.333. The van der Waals surface area contributed by atoms with Crippen molar-refractivity contribution in [3.63, 3.8) is 0 Å². The molecule has 0 fully saturated rings. The number of ether oxygens (including phenoxy) is 1. The zero-order valence-corrected chi connectivity index (χ0v) is 14.7. The van der Waals surface area contributed by atoms with E-state index >= 15 is 0 Å². The summed E-state index contributed by atoms with van der Waals surface area (Å²) < 4.78 is 6.52. The minimum Gasteiger partial charge on any atom is -0.496 e. The summed E-state index contributed by atoms with van der Waals surface area (Å²) in [5.74, 6) is 0.752. The lowest BCUT2D eigenvalue weighted by atomic mass is 9.93. The second-order valence-electron chi connectivity index (χ2n) is 5.57. The Morgan fingerprint density at radius 3 is 2.10 bits per heavy atom. The summed E-state index contributed by atoms with van der Waals surface area (Å²) in [5, 5.41) is 10.9. The van der Waals surface area contributed by atoms with Crippen LogP contribution >= 0.6 is 15.9 Å². The molecule has 0 aliphatic carbocycles. The van der Waals surface area contributed by atoms with E-state index in [0.717, 1.165) is 43.6 Å². The Bertz CT molecular complexity index is 657. The molecule has 0 aromatic heterocycles. The number of rotatable bonds is 3. The second kappa shape index (κ2) is 6.20. The van der Waals surface area contributed by atoms with Gasteiger partial charge in [-0.3, -0.25) is 0 Å². The standard InChI is InChI=1S/C18H21BrO2/c1-10-6-11(2)8-14(7-10)17(20)16-13(4)15(19)9-12(3)18(16)21-5/h6-9,17,20H,1-5H3. The van der Waals surface area contributed by atoms with Gasteiger partial charge < -0.3 is 9.84 Å². The zero-order chi connectivity index (χ0) is 15.7. The maximum atomic E-state index is 10.9. The van der Waals surface area contributed by atoms with Crippen molar-refractivity contribution in [2.45, 2.75) is 33.8 Å². The maximum Gasteiger partial charge on any atom is 0.128 e. The van der Waals surface area contributed by atoms with E-state index in [1.54, 1.807) is 7.11 Å².